The third-order valence-electron chi connectivity index (χ3n) is 4.34. The zero-order valence-electron chi connectivity index (χ0n) is 11.7. The molecule has 1 aromatic carbocycles. The van der Waals surface area contributed by atoms with Crippen LogP contribution in [0.5, 0.6) is 0 Å². The molecular formula is C16H24FN. The van der Waals surface area contributed by atoms with Crippen molar-refractivity contribution >= 4 is 0 Å². The molecule has 1 N–H and O–H groups in total. The minimum absolute atomic E-state index is 0.0221. The van der Waals surface area contributed by atoms with Crippen LogP contribution in [-0.2, 0) is 5.54 Å². The highest BCUT2D eigenvalue weighted by Gasteiger charge is 2.36. The second-order valence-corrected chi connectivity index (χ2v) is 5.82. The van der Waals surface area contributed by atoms with Gasteiger partial charge < -0.3 is 5.32 Å². The van der Waals surface area contributed by atoms with Crippen molar-refractivity contribution < 1.29 is 4.39 Å². The van der Waals surface area contributed by atoms with E-state index in [-0.39, 0.29) is 11.4 Å². The van der Waals surface area contributed by atoms with Crippen LogP contribution in [0.4, 0.5) is 4.39 Å². The standard InChI is InChI=1S/C16H24FN/c1-12(2)16(9-5-4-6-10-18-16)15-8-7-14(17)11-13(15)3/h7-8,11-12,18H,4-6,9-10H2,1-3H3. The molecule has 2 heteroatoms. The van der Waals surface area contributed by atoms with Crippen LogP contribution in [0.3, 0.4) is 0 Å². The van der Waals surface area contributed by atoms with Crippen LogP contribution in [0.15, 0.2) is 18.2 Å². The SMILES string of the molecule is Cc1cc(F)ccc1C1(C(C)C)CCCCCN1. The molecule has 0 saturated carbocycles. The van der Waals surface area contributed by atoms with Gasteiger partial charge in [0.25, 0.3) is 0 Å². The summed E-state index contributed by atoms with van der Waals surface area (Å²) in [4.78, 5) is 0. The molecule has 0 amide bonds. The van der Waals surface area contributed by atoms with Gasteiger partial charge in [-0.05, 0) is 55.5 Å². The van der Waals surface area contributed by atoms with Crippen molar-refractivity contribution in [3.63, 3.8) is 0 Å². The van der Waals surface area contributed by atoms with E-state index in [2.05, 4.69) is 19.2 Å². The summed E-state index contributed by atoms with van der Waals surface area (Å²) in [6.45, 7) is 7.62. The van der Waals surface area contributed by atoms with Gasteiger partial charge in [0, 0.05) is 5.54 Å². The molecule has 0 aliphatic carbocycles. The van der Waals surface area contributed by atoms with Crippen LogP contribution in [-0.4, -0.2) is 6.54 Å². The summed E-state index contributed by atoms with van der Waals surface area (Å²) in [6, 6.07) is 5.23. The quantitative estimate of drug-likeness (QED) is 0.830. The first-order chi connectivity index (χ1) is 8.56. The van der Waals surface area contributed by atoms with Gasteiger partial charge in [-0.3, -0.25) is 0 Å². The van der Waals surface area contributed by atoms with E-state index >= 15 is 0 Å². The van der Waals surface area contributed by atoms with Crippen LogP contribution in [0.25, 0.3) is 0 Å². The number of rotatable bonds is 2. The average molecular weight is 249 g/mol. The Morgan fingerprint density at radius 1 is 1.22 bits per heavy atom. The van der Waals surface area contributed by atoms with E-state index in [0.29, 0.717) is 5.92 Å². The highest BCUT2D eigenvalue weighted by Crippen LogP contribution is 2.38. The van der Waals surface area contributed by atoms with Crippen LogP contribution in [0, 0.1) is 18.7 Å². The number of nitrogens with one attached hydrogen (secondary N) is 1. The maximum absolute atomic E-state index is 13.3. The summed E-state index contributed by atoms with van der Waals surface area (Å²) in [5, 5.41) is 3.75. The minimum Gasteiger partial charge on any atom is -0.307 e. The number of hydrogen-bond acceptors (Lipinski definition) is 1. The lowest BCUT2D eigenvalue weighted by molar-refractivity contribution is 0.229. The van der Waals surface area contributed by atoms with Crippen LogP contribution in [0.2, 0.25) is 0 Å². The normalized spacial score (nSPS) is 25.2. The zero-order chi connectivity index (χ0) is 13.2. The molecule has 0 bridgehead atoms. The monoisotopic (exact) mass is 249 g/mol. The van der Waals surface area contributed by atoms with Gasteiger partial charge in [-0.1, -0.05) is 32.8 Å². The molecule has 100 valence electrons. The van der Waals surface area contributed by atoms with Gasteiger partial charge >= 0.3 is 0 Å². The maximum atomic E-state index is 13.3. The maximum Gasteiger partial charge on any atom is 0.123 e. The van der Waals surface area contributed by atoms with Gasteiger partial charge in [0.2, 0.25) is 0 Å². The molecule has 1 fully saturated rings. The number of halogens is 1. The average Bonchev–Trinajstić information content (AvgIpc) is 2.55. The van der Waals surface area contributed by atoms with Crippen molar-refractivity contribution in [3.05, 3.63) is 35.1 Å². The lowest BCUT2D eigenvalue weighted by Crippen LogP contribution is -2.46. The molecule has 0 spiro atoms. The van der Waals surface area contributed by atoms with E-state index in [0.717, 1.165) is 18.5 Å². The summed E-state index contributed by atoms with van der Waals surface area (Å²) >= 11 is 0. The Kier molecular flexibility index (Phi) is 4.06. The molecule has 2 rings (SSSR count). The Balaban J connectivity index is 2.45. The van der Waals surface area contributed by atoms with E-state index in [1.54, 1.807) is 12.1 Å². The zero-order valence-corrected chi connectivity index (χ0v) is 11.7. The minimum atomic E-state index is -0.135. The van der Waals surface area contributed by atoms with Gasteiger partial charge in [0.1, 0.15) is 5.82 Å². The van der Waals surface area contributed by atoms with Crippen LogP contribution < -0.4 is 5.32 Å². The van der Waals surface area contributed by atoms with Crippen LogP contribution >= 0.6 is 0 Å². The first-order valence-electron chi connectivity index (χ1n) is 7.08. The van der Waals surface area contributed by atoms with Crippen molar-refractivity contribution in [2.24, 2.45) is 5.92 Å². The molecule has 1 nitrogen and oxygen atoms in total. The van der Waals surface area contributed by atoms with Gasteiger partial charge in [0.05, 0.1) is 0 Å². The topological polar surface area (TPSA) is 12.0 Å². The molecule has 1 heterocycles. The third-order valence-corrected chi connectivity index (χ3v) is 4.34. The summed E-state index contributed by atoms with van der Waals surface area (Å²) in [5.74, 6) is 0.378. The van der Waals surface area contributed by atoms with Crippen molar-refractivity contribution in [2.45, 2.75) is 52.0 Å². The van der Waals surface area contributed by atoms with Crippen molar-refractivity contribution in [1.82, 2.24) is 5.32 Å². The van der Waals surface area contributed by atoms with E-state index < -0.39 is 0 Å². The number of benzene rings is 1. The fourth-order valence-corrected chi connectivity index (χ4v) is 3.27. The van der Waals surface area contributed by atoms with E-state index in [1.165, 1.54) is 24.8 Å². The van der Waals surface area contributed by atoms with E-state index in [9.17, 15) is 4.39 Å². The molecule has 1 unspecified atom stereocenters. The number of hydrogen-bond donors (Lipinski definition) is 1. The van der Waals surface area contributed by atoms with Gasteiger partial charge in [-0.2, -0.15) is 0 Å². The first-order valence-corrected chi connectivity index (χ1v) is 7.08. The molecule has 0 radical (unpaired) electrons. The van der Waals surface area contributed by atoms with Crippen molar-refractivity contribution in [1.29, 1.82) is 0 Å². The van der Waals surface area contributed by atoms with Gasteiger partial charge in [0.15, 0.2) is 0 Å². The third kappa shape index (κ3) is 2.44. The highest BCUT2D eigenvalue weighted by molar-refractivity contribution is 5.34. The second kappa shape index (κ2) is 5.40. The van der Waals surface area contributed by atoms with E-state index in [1.807, 2.05) is 13.0 Å². The smallest absolute Gasteiger partial charge is 0.123 e. The number of aryl methyl sites for hydroxylation is 1. The van der Waals surface area contributed by atoms with Gasteiger partial charge in [-0.15, -0.1) is 0 Å². The van der Waals surface area contributed by atoms with Gasteiger partial charge in [-0.25, -0.2) is 4.39 Å². The highest BCUT2D eigenvalue weighted by atomic mass is 19.1. The Hall–Kier alpha value is -0.890. The Morgan fingerprint density at radius 2 is 2.00 bits per heavy atom. The summed E-state index contributed by atoms with van der Waals surface area (Å²) in [5.41, 5.74) is 2.37. The molecule has 1 aliphatic rings. The summed E-state index contributed by atoms with van der Waals surface area (Å²) < 4.78 is 13.3. The Labute approximate surface area is 110 Å². The van der Waals surface area contributed by atoms with Crippen molar-refractivity contribution in [2.75, 3.05) is 6.54 Å². The predicted molar refractivity (Wildman–Crippen MR) is 74.1 cm³/mol. The molecule has 1 atom stereocenters. The Morgan fingerprint density at radius 3 is 2.67 bits per heavy atom. The largest absolute Gasteiger partial charge is 0.307 e. The molecule has 0 aromatic heterocycles. The summed E-state index contributed by atoms with van der Waals surface area (Å²) in [6.07, 6.45) is 4.94. The molecule has 1 saturated heterocycles. The fourth-order valence-electron chi connectivity index (χ4n) is 3.27. The lowest BCUT2D eigenvalue weighted by Gasteiger charge is -2.39. The fraction of sp³-hybridized carbons (Fsp3) is 0.625. The molecule has 1 aromatic rings. The predicted octanol–water partition coefficient (Wildman–Crippen LogP) is 4.15. The lowest BCUT2D eigenvalue weighted by atomic mass is 9.75. The van der Waals surface area contributed by atoms with Crippen LogP contribution in [0.1, 0.15) is 50.7 Å². The first kappa shape index (κ1) is 13.5. The molecular weight excluding hydrogens is 225 g/mol. The van der Waals surface area contributed by atoms with E-state index in [4.69, 9.17) is 0 Å². The van der Waals surface area contributed by atoms with Crippen molar-refractivity contribution in [3.8, 4) is 0 Å². The summed E-state index contributed by atoms with van der Waals surface area (Å²) in [7, 11) is 0. The Bertz CT molecular complexity index is 404. The molecule has 18 heavy (non-hydrogen) atoms. The molecule has 1 aliphatic heterocycles. The second-order valence-electron chi connectivity index (χ2n) is 5.82.